The number of nitrogens with zero attached hydrogens (tertiary/aromatic N) is 4. The van der Waals surface area contributed by atoms with E-state index in [4.69, 9.17) is 5.73 Å². The number of amides is 1. The van der Waals surface area contributed by atoms with E-state index in [1.807, 2.05) is 41.8 Å². The number of nitrogen functional groups attached to an aromatic ring is 1. The van der Waals surface area contributed by atoms with E-state index in [9.17, 15) is 14.9 Å². The third-order valence-corrected chi connectivity index (χ3v) is 6.74. The molecule has 5 rings (SSSR count). The van der Waals surface area contributed by atoms with Crippen LogP contribution >= 0.6 is 11.3 Å². The molecule has 0 saturated carbocycles. The highest BCUT2D eigenvalue weighted by Gasteiger charge is 2.13. The van der Waals surface area contributed by atoms with Gasteiger partial charge in [-0.1, -0.05) is 41.6 Å². The van der Waals surface area contributed by atoms with Crippen molar-refractivity contribution in [1.82, 2.24) is 15.0 Å². The van der Waals surface area contributed by atoms with Gasteiger partial charge in [0.2, 0.25) is 0 Å². The number of nitrogens with one attached hydrogen (secondary N) is 1. The lowest BCUT2D eigenvalue weighted by molar-refractivity contribution is -0.384. The number of aryl methyl sites for hydroxylation is 2. The Hall–Kier alpha value is -4.83. The van der Waals surface area contributed by atoms with E-state index in [2.05, 4.69) is 15.6 Å². The zero-order chi connectivity index (χ0) is 25.8. The Bertz CT molecular complexity index is 1580. The Balaban J connectivity index is 1.28. The minimum Gasteiger partial charge on any atom is -0.397 e. The fourth-order valence-corrected chi connectivity index (χ4v) is 4.61. The zero-order valence-electron chi connectivity index (χ0n) is 19.6. The van der Waals surface area contributed by atoms with Crippen LogP contribution in [0.15, 0.2) is 90.4 Å². The Morgan fingerprint density at radius 2 is 1.89 bits per heavy atom. The fraction of sp³-hybridized carbons (Fsp3) is 0.0741. The SMILES string of the molecule is Nc1ccc(-c2cccs2)cc1NC(=O)c1cccc(-c2cn(CCc3cccc([N+](=O)[O-])c3)nn2)c1. The zero-order valence-corrected chi connectivity index (χ0v) is 20.4. The minimum absolute atomic E-state index is 0.0619. The first kappa shape index (κ1) is 23.9. The average molecular weight is 511 g/mol. The minimum atomic E-state index is -0.408. The van der Waals surface area contributed by atoms with Crippen LogP contribution in [0.1, 0.15) is 15.9 Å². The normalized spacial score (nSPS) is 10.8. The van der Waals surface area contributed by atoms with Gasteiger partial charge in [-0.3, -0.25) is 19.6 Å². The van der Waals surface area contributed by atoms with Crippen LogP contribution < -0.4 is 11.1 Å². The predicted octanol–water partition coefficient (Wildman–Crippen LogP) is 5.66. The molecule has 0 aliphatic rings. The smallest absolute Gasteiger partial charge is 0.269 e. The van der Waals surface area contributed by atoms with Crippen molar-refractivity contribution in [3.63, 3.8) is 0 Å². The van der Waals surface area contributed by atoms with Gasteiger partial charge in [-0.25, -0.2) is 0 Å². The summed E-state index contributed by atoms with van der Waals surface area (Å²) in [5, 5.41) is 24.3. The molecular formula is C27H22N6O3S. The maximum atomic E-state index is 13.0. The van der Waals surface area contributed by atoms with Crippen molar-refractivity contribution in [3.8, 4) is 21.7 Å². The molecule has 0 aliphatic heterocycles. The highest BCUT2D eigenvalue weighted by molar-refractivity contribution is 7.13. The first-order chi connectivity index (χ1) is 18.0. The summed E-state index contributed by atoms with van der Waals surface area (Å²) in [6, 6.07) is 23.2. The van der Waals surface area contributed by atoms with Crippen LogP contribution in [0.2, 0.25) is 0 Å². The number of nitrogens with two attached hydrogens (primary N) is 1. The molecule has 3 aromatic carbocycles. The second kappa shape index (κ2) is 10.4. The molecule has 9 nitrogen and oxygen atoms in total. The van der Waals surface area contributed by atoms with Crippen LogP contribution in [-0.4, -0.2) is 25.8 Å². The number of nitro groups is 1. The molecule has 0 radical (unpaired) electrons. The van der Waals surface area contributed by atoms with Gasteiger partial charge >= 0.3 is 0 Å². The lowest BCUT2D eigenvalue weighted by atomic mass is 10.1. The van der Waals surface area contributed by atoms with E-state index in [-0.39, 0.29) is 11.6 Å². The molecule has 0 atom stereocenters. The van der Waals surface area contributed by atoms with Crippen LogP contribution in [0.4, 0.5) is 17.1 Å². The van der Waals surface area contributed by atoms with Crippen molar-refractivity contribution in [2.75, 3.05) is 11.1 Å². The highest BCUT2D eigenvalue weighted by Crippen LogP contribution is 2.30. The van der Waals surface area contributed by atoms with Gasteiger partial charge in [-0.05, 0) is 53.3 Å². The molecule has 0 saturated heterocycles. The topological polar surface area (TPSA) is 129 Å². The number of benzene rings is 3. The summed E-state index contributed by atoms with van der Waals surface area (Å²) in [4.78, 5) is 24.7. The van der Waals surface area contributed by atoms with Crippen molar-refractivity contribution in [3.05, 3.63) is 112 Å². The maximum Gasteiger partial charge on any atom is 0.269 e. The number of nitro benzene ring substituents is 1. The number of non-ortho nitro benzene ring substituents is 1. The number of hydrogen-bond acceptors (Lipinski definition) is 7. The number of carbonyl (C=O) groups is 1. The van der Waals surface area contributed by atoms with Gasteiger partial charge in [-0.15, -0.1) is 16.4 Å². The summed E-state index contributed by atoms with van der Waals surface area (Å²) in [5.41, 5.74) is 10.9. The number of aromatic nitrogens is 3. The number of rotatable bonds is 8. The second-order valence-corrected chi connectivity index (χ2v) is 9.31. The van der Waals surface area contributed by atoms with E-state index < -0.39 is 4.92 Å². The summed E-state index contributed by atoms with van der Waals surface area (Å²) in [6.07, 6.45) is 2.36. The fourth-order valence-electron chi connectivity index (χ4n) is 3.88. The van der Waals surface area contributed by atoms with Gasteiger partial charge in [0.15, 0.2) is 0 Å². The summed E-state index contributed by atoms with van der Waals surface area (Å²) < 4.78 is 1.68. The van der Waals surface area contributed by atoms with Gasteiger partial charge in [-0.2, -0.15) is 0 Å². The number of carbonyl (C=O) groups excluding carboxylic acids is 1. The van der Waals surface area contributed by atoms with E-state index in [1.54, 1.807) is 58.6 Å². The third kappa shape index (κ3) is 5.54. The van der Waals surface area contributed by atoms with E-state index in [0.717, 1.165) is 21.6 Å². The molecule has 184 valence electrons. The molecule has 2 aromatic heterocycles. The standard InChI is InChI=1S/C27H22N6O3S/c28-23-10-9-20(26-8-3-13-37-26)16-24(23)29-27(34)21-6-2-5-19(15-21)25-17-32(31-30-25)12-11-18-4-1-7-22(14-18)33(35)36/h1-10,13-17H,11-12,28H2,(H,29,34). The molecular weight excluding hydrogens is 488 g/mol. The van der Waals surface area contributed by atoms with Gasteiger partial charge < -0.3 is 11.1 Å². The highest BCUT2D eigenvalue weighted by atomic mass is 32.1. The Morgan fingerprint density at radius 1 is 1.03 bits per heavy atom. The molecule has 0 unspecified atom stereocenters. The van der Waals surface area contributed by atoms with Crippen molar-refractivity contribution < 1.29 is 9.72 Å². The second-order valence-electron chi connectivity index (χ2n) is 8.36. The van der Waals surface area contributed by atoms with E-state index >= 15 is 0 Å². The first-order valence-electron chi connectivity index (χ1n) is 11.4. The van der Waals surface area contributed by atoms with Crippen LogP contribution in [0.3, 0.4) is 0 Å². The molecule has 37 heavy (non-hydrogen) atoms. The third-order valence-electron chi connectivity index (χ3n) is 5.82. The molecule has 0 aliphatic carbocycles. The van der Waals surface area contributed by atoms with E-state index in [1.165, 1.54) is 6.07 Å². The average Bonchev–Trinajstić information content (AvgIpc) is 3.62. The van der Waals surface area contributed by atoms with Crippen LogP contribution in [0, 0.1) is 10.1 Å². The van der Waals surface area contributed by atoms with Crippen molar-refractivity contribution in [2.45, 2.75) is 13.0 Å². The van der Waals surface area contributed by atoms with Crippen molar-refractivity contribution >= 4 is 34.3 Å². The quantitative estimate of drug-likeness (QED) is 0.157. The molecule has 2 heterocycles. The Morgan fingerprint density at radius 3 is 2.70 bits per heavy atom. The predicted molar refractivity (Wildman–Crippen MR) is 144 cm³/mol. The molecule has 0 spiro atoms. The van der Waals surface area contributed by atoms with Crippen LogP contribution in [0.25, 0.3) is 21.7 Å². The molecule has 1 amide bonds. The van der Waals surface area contributed by atoms with Crippen LogP contribution in [0.5, 0.6) is 0 Å². The summed E-state index contributed by atoms with van der Waals surface area (Å²) in [7, 11) is 0. The molecule has 0 fully saturated rings. The Kier molecular flexibility index (Phi) is 6.73. The first-order valence-corrected chi connectivity index (χ1v) is 12.3. The molecule has 10 heteroatoms. The van der Waals surface area contributed by atoms with Gasteiger partial charge in [0.1, 0.15) is 5.69 Å². The lowest BCUT2D eigenvalue weighted by Crippen LogP contribution is -2.13. The van der Waals surface area contributed by atoms with Crippen molar-refractivity contribution in [2.24, 2.45) is 0 Å². The van der Waals surface area contributed by atoms with Crippen LogP contribution in [-0.2, 0) is 13.0 Å². The number of anilines is 2. The number of thiophene rings is 1. The Labute approximate surface area is 216 Å². The van der Waals surface area contributed by atoms with Gasteiger partial charge in [0.05, 0.1) is 22.5 Å². The van der Waals surface area contributed by atoms with Gasteiger partial charge in [0.25, 0.3) is 11.6 Å². The summed E-state index contributed by atoms with van der Waals surface area (Å²) in [6.45, 7) is 0.508. The molecule has 3 N–H and O–H groups in total. The molecule has 0 bridgehead atoms. The maximum absolute atomic E-state index is 13.0. The molecule has 5 aromatic rings. The summed E-state index contributed by atoms with van der Waals surface area (Å²) >= 11 is 1.62. The monoisotopic (exact) mass is 510 g/mol. The van der Waals surface area contributed by atoms with E-state index in [0.29, 0.717) is 35.6 Å². The summed E-state index contributed by atoms with van der Waals surface area (Å²) in [5.74, 6) is -0.282. The number of hydrogen-bond donors (Lipinski definition) is 2. The largest absolute Gasteiger partial charge is 0.397 e. The lowest BCUT2D eigenvalue weighted by Gasteiger charge is -2.10. The van der Waals surface area contributed by atoms with Crippen molar-refractivity contribution in [1.29, 1.82) is 0 Å². The van der Waals surface area contributed by atoms with Gasteiger partial charge in [0, 0.05) is 34.7 Å².